The summed E-state index contributed by atoms with van der Waals surface area (Å²) >= 11 is 1.57. The number of para-hydroxylation sites is 1. The molecule has 0 fully saturated rings. The quantitative estimate of drug-likeness (QED) is 0.704. The van der Waals surface area contributed by atoms with Crippen molar-refractivity contribution in [3.05, 3.63) is 63.6 Å². The van der Waals surface area contributed by atoms with Crippen LogP contribution in [-0.4, -0.2) is 24.1 Å². The highest BCUT2D eigenvalue weighted by molar-refractivity contribution is 7.09. The van der Waals surface area contributed by atoms with Crippen molar-refractivity contribution < 1.29 is 14.3 Å². The minimum Gasteiger partial charge on any atom is -0.493 e. The van der Waals surface area contributed by atoms with Gasteiger partial charge in [-0.25, -0.2) is 4.98 Å². The van der Waals surface area contributed by atoms with Crippen molar-refractivity contribution in [1.82, 2.24) is 10.3 Å². The number of rotatable bonds is 4. The summed E-state index contributed by atoms with van der Waals surface area (Å²) in [4.78, 5) is 17.0. The molecule has 0 saturated carbocycles. The topological polar surface area (TPSA) is 60.5 Å². The molecule has 2 aromatic carbocycles. The smallest absolute Gasteiger partial charge is 0.226 e. The second kappa shape index (κ2) is 7.52. The van der Waals surface area contributed by atoms with E-state index >= 15 is 0 Å². The number of hydrogen-bond acceptors (Lipinski definition) is 5. The average Bonchev–Trinajstić information content (AvgIpc) is 3.36. The van der Waals surface area contributed by atoms with Crippen LogP contribution in [0.1, 0.15) is 34.3 Å². The number of aryl methyl sites for hydroxylation is 1. The Morgan fingerprint density at radius 2 is 2.17 bits per heavy atom. The molecule has 1 aromatic heterocycles. The Bertz CT molecular complexity index is 1080. The molecule has 0 saturated heterocycles. The molecule has 29 heavy (non-hydrogen) atoms. The fraction of sp³-hybridized carbons (Fsp3) is 0.304. The van der Waals surface area contributed by atoms with Crippen LogP contribution in [0.25, 0.3) is 11.1 Å². The lowest BCUT2D eigenvalue weighted by Crippen LogP contribution is -2.33. The zero-order valence-corrected chi connectivity index (χ0v) is 17.1. The maximum atomic E-state index is 12.6. The monoisotopic (exact) mass is 406 g/mol. The van der Waals surface area contributed by atoms with E-state index in [2.05, 4.69) is 40.6 Å². The van der Waals surface area contributed by atoms with Gasteiger partial charge in [0.1, 0.15) is 11.5 Å². The minimum absolute atomic E-state index is 0.0116. The summed E-state index contributed by atoms with van der Waals surface area (Å²) in [5.74, 6) is 1.80. The number of hydrogen-bond donors (Lipinski definition) is 1. The van der Waals surface area contributed by atoms with Crippen molar-refractivity contribution in [3.8, 4) is 22.6 Å². The fourth-order valence-corrected chi connectivity index (χ4v) is 4.67. The van der Waals surface area contributed by atoms with E-state index in [1.807, 2.05) is 18.4 Å². The maximum Gasteiger partial charge on any atom is 0.226 e. The van der Waals surface area contributed by atoms with Crippen LogP contribution in [0.15, 0.2) is 41.8 Å². The van der Waals surface area contributed by atoms with Crippen LogP contribution in [-0.2, 0) is 17.6 Å². The lowest BCUT2D eigenvalue weighted by Gasteiger charge is -2.27. The molecule has 5 rings (SSSR count). The summed E-state index contributed by atoms with van der Waals surface area (Å²) in [6.45, 7) is 3.28. The molecule has 1 atom stereocenters. The van der Waals surface area contributed by atoms with Gasteiger partial charge in [0.15, 0.2) is 0 Å². The Kier molecular flexibility index (Phi) is 4.72. The standard InChI is InChI=1S/C23H22N2O3S/c1-14-24-17(13-29-14)12-22(26)25-20-8-10-27-21-6-5-16(11-19(20)21)18-4-2-3-15-7-9-28-23(15)18/h2-6,11,13,20H,7-10,12H2,1H3,(H,25,26). The van der Waals surface area contributed by atoms with Gasteiger partial charge < -0.3 is 14.8 Å². The number of nitrogens with one attached hydrogen (secondary N) is 1. The Hall–Kier alpha value is -2.86. The predicted molar refractivity (Wildman–Crippen MR) is 113 cm³/mol. The molecule has 148 valence electrons. The van der Waals surface area contributed by atoms with Crippen LogP contribution in [0.4, 0.5) is 0 Å². The number of benzene rings is 2. The second-order valence-corrected chi connectivity index (χ2v) is 8.50. The minimum atomic E-state index is -0.0661. The number of amides is 1. The van der Waals surface area contributed by atoms with Crippen LogP contribution in [0.2, 0.25) is 0 Å². The Morgan fingerprint density at radius 1 is 1.24 bits per heavy atom. The van der Waals surface area contributed by atoms with Gasteiger partial charge in [0.05, 0.1) is 36.4 Å². The zero-order chi connectivity index (χ0) is 19.8. The van der Waals surface area contributed by atoms with Crippen molar-refractivity contribution in [2.24, 2.45) is 0 Å². The van der Waals surface area contributed by atoms with Crippen molar-refractivity contribution in [1.29, 1.82) is 0 Å². The first-order valence-corrected chi connectivity index (χ1v) is 10.8. The highest BCUT2D eigenvalue weighted by Gasteiger charge is 2.25. The molecular formula is C23H22N2O3S. The van der Waals surface area contributed by atoms with E-state index in [-0.39, 0.29) is 11.9 Å². The molecule has 0 bridgehead atoms. The third-order valence-corrected chi connectivity index (χ3v) is 6.24. The van der Waals surface area contributed by atoms with Crippen molar-refractivity contribution in [2.45, 2.75) is 32.2 Å². The molecule has 1 amide bonds. The molecule has 1 unspecified atom stereocenters. The Morgan fingerprint density at radius 3 is 3.03 bits per heavy atom. The van der Waals surface area contributed by atoms with Gasteiger partial charge in [0.25, 0.3) is 0 Å². The number of fused-ring (bicyclic) bond motifs is 2. The average molecular weight is 407 g/mol. The number of thiazole rings is 1. The third-order valence-electron chi connectivity index (χ3n) is 5.42. The zero-order valence-electron chi connectivity index (χ0n) is 16.2. The highest BCUT2D eigenvalue weighted by atomic mass is 32.1. The molecule has 6 heteroatoms. The number of carbonyl (C=O) groups is 1. The van der Waals surface area contributed by atoms with Crippen molar-refractivity contribution >= 4 is 17.2 Å². The first-order chi connectivity index (χ1) is 14.2. The van der Waals surface area contributed by atoms with E-state index < -0.39 is 0 Å². The van der Waals surface area contributed by atoms with Gasteiger partial charge in [-0.05, 0) is 30.2 Å². The molecule has 2 aliphatic rings. The van der Waals surface area contributed by atoms with Gasteiger partial charge in [0, 0.05) is 29.3 Å². The molecule has 0 aliphatic carbocycles. The second-order valence-electron chi connectivity index (χ2n) is 7.44. The predicted octanol–water partition coefficient (Wildman–Crippen LogP) is 4.24. The number of nitrogens with zero attached hydrogens (tertiary/aromatic N) is 1. The largest absolute Gasteiger partial charge is 0.493 e. The van der Waals surface area contributed by atoms with E-state index in [0.29, 0.717) is 13.0 Å². The Labute approximate surface area is 173 Å². The maximum absolute atomic E-state index is 12.6. The molecular weight excluding hydrogens is 384 g/mol. The van der Waals surface area contributed by atoms with Gasteiger partial charge >= 0.3 is 0 Å². The lowest BCUT2D eigenvalue weighted by atomic mass is 9.94. The number of carbonyl (C=O) groups excluding carboxylic acids is 1. The molecule has 0 spiro atoms. The first-order valence-electron chi connectivity index (χ1n) is 9.89. The molecule has 2 aliphatic heterocycles. The van der Waals surface area contributed by atoms with E-state index in [1.165, 1.54) is 5.56 Å². The number of aromatic nitrogens is 1. The van der Waals surface area contributed by atoms with E-state index in [1.54, 1.807) is 11.3 Å². The molecule has 0 radical (unpaired) electrons. The van der Waals surface area contributed by atoms with Crippen LogP contribution < -0.4 is 14.8 Å². The third kappa shape index (κ3) is 3.60. The normalized spacial score (nSPS) is 17.1. The number of ether oxygens (including phenoxy) is 2. The van der Waals surface area contributed by atoms with Gasteiger partial charge in [-0.2, -0.15) is 0 Å². The summed E-state index contributed by atoms with van der Waals surface area (Å²) in [5.41, 5.74) is 5.27. The summed E-state index contributed by atoms with van der Waals surface area (Å²) in [7, 11) is 0. The summed E-state index contributed by atoms with van der Waals surface area (Å²) in [6, 6.07) is 12.4. The van der Waals surface area contributed by atoms with Crippen LogP contribution >= 0.6 is 11.3 Å². The Balaban J connectivity index is 1.41. The summed E-state index contributed by atoms with van der Waals surface area (Å²) in [6.07, 6.45) is 2.00. The molecule has 3 heterocycles. The summed E-state index contributed by atoms with van der Waals surface area (Å²) < 4.78 is 11.7. The molecule has 3 aromatic rings. The first kappa shape index (κ1) is 18.2. The van der Waals surface area contributed by atoms with Gasteiger partial charge in [-0.1, -0.05) is 24.3 Å². The van der Waals surface area contributed by atoms with Crippen LogP contribution in [0.5, 0.6) is 11.5 Å². The van der Waals surface area contributed by atoms with Gasteiger partial charge in [0.2, 0.25) is 5.91 Å². The van der Waals surface area contributed by atoms with Gasteiger partial charge in [-0.15, -0.1) is 11.3 Å². The van der Waals surface area contributed by atoms with Crippen molar-refractivity contribution in [3.63, 3.8) is 0 Å². The highest BCUT2D eigenvalue weighted by Crippen LogP contribution is 2.40. The van der Waals surface area contributed by atoms with E-state index in [0.717, 1.165) is 58.3 Å². The lowest BCUT2D eigenvalue weighted by molar-refractivity contribution is -0.121. The SMILES string of the molecule is Cc1nc(CC(=O)NC2CCOc3ccc(-c4cccc5c4OCC5)cc32)cs1. The molecule has 1 N–H and O–H groups in total. The van der Waals surface area contributed by atoms with Gasteiger partial charge in [-0.3, -0.25) is 4.79 Å². The summed E-state index contributed by atoms with van der Waals surface area (Å²) in [5, 5.41) is 6.10. The van der Waals surface area contributed by atoms with Crippen molar-refractivity contribution in [2.75, 3.05) is 13.2 Å². The fourth-order valence-electron chi connectivity index (χ4n) is 4.05. The van der Waals surface area contributed by atoms with Crippen LogP contribution in [0, 0.1) is 6.92 Å². The van der Waals surface area contributed by atoms with Crippen LogP contribution in [0.3, 0.4) is 0 Å². The van der Waals surface area contributed by atoms with E-state index in [9.17, 15) is 4.79 Å². The van der Waals surface area contributed by atoms with E-state index in [4.69, 9.17) is 9.47 Å². The molecule has 5 nitrogen and oxygen atoms in total.